The summed E-state index contributed by atoms with van der Waals surface area (Å²) in [7, 11) is 0. The van der Waals surface area contributed by atoms with Crippen molar-refractivity contribution in [3.05, 3.63) is 77.3 Å². The number of rotatable bonds is 4. The van der Waals surface area contributed by atoms with Gasteiger partial charge in [-0.1, -0.05) is 41.6 Å². The molecule has 0 saturated heterocycles. The van der Waals surface area contributed by atoms with Crippen LogP contribution in [0.1, 0.15) is 6.92 Å². The Hall–Kier alpha value is -4.00. The van der Waals surface area contributed by atoms with Crippen molar-refractivity contribution < 1.29 is 8.94 Å². The Morgan fingerprint density at radius 3 is 2.76 bits per heavy atom. The van der Waals surface area contributed by atoms with Crippen molar-refractivity contribution in [1.29, 1.82) is 0 Å². The third-order valence-electron chi connectivity index (χ3n) is 4.73. The molecule has 0 aliphatic rings. The van der Waals surface area contributed by atoms with E-state index >= 15 is 0 Å². The van der Waals surface area contributed by atoms with Crippen molar-refractivity contribution in [2.45, 2.75) is 13.5 Å². The monoisotopic (exact) mass is 384 g/mol. The van der Waals surface area contributed by atoms with E-state index in [4.69, 9.17) is 8.94 Å². The van der Waals surface area contributed by atoms with E-state index in [-0.39, 0.29) is 11.5 Å². The molecule has 0 atom stereocenters. The quantitative estimate of drug-likeness (QED) is 0.427. The van der Waals surface area contributed by atoms with E-state index in [1.807, 2.05) is 60.1 Å². The number of hydrogen-bond donors (Lipinski definition) is 0. The van der Waals surface area contributed by atoms with Crippen LogP contribution in [0.25, 0.3) is 45.1 Å². The van der Waals surface area contributed by atoms with Crippen LogP contribution in [-0.4, -0.2) is 19.9 Å². The number of aromatic nitrogens is 4. The number of para-hydroxylation sites is 1. The third-order valence-corrected chi connectivity index (χ3v) is 4.73. The lowest BCUT2D eigenvalue weighted by molar-refractivity contribution is 0.429. The van der Waals surface area contributed by atoms with Crippen molar-refractivity contribution in [1.82, 2.24) is 19.9 Å². The molecule has 0 amide bonds. The van der Waals surface area contributed by atoms with Crippen LogP contribution in [0.4, 0.5) is 0 Å². The van der Waals surface area contributed by atoms with Gasteiger partial charge >= 0.3 is 5.63 Å². The molecule has 2 aromatic carbocycles. The summed E-state index contributed by atoms with van der Waals surface area (Å²) < 4.78 is 12.7. The second kappa shape index (κ2) is 6.87. The number of fused-ring (bicyclic) bond motifs is 1. The van der Waals surface area contributed by atoms with Gasteiger partial charge in [-0.25, -0.2) is 4.79 Å². The number of aryl methyl sites for hydroxylation is 1. The topological polar surface area (TPSA) is 87.0 Å². The molecule has 5 aromatic rings. The molecule has 142 valence electrons. The van der Waals surface area contributed by atoms with E-state index in [0.717, 1.165) is 28.8 Å². The zero-order valence-electron chi connectivity index (χ0n) is 15.6. The highest BCUT2D eigenvalue weighted by atomic mass is 16.5. The van der Waals surface area contributed by atoms with Gasteiger partial charge in [0.1, 0.15) is 11.1 Å². The first-order valence-corrected chi connectivity index (χ1v) is 9.22. The standard InChI is InChI=1S/C22H16N4O3/c1-2-26-18(10-11-23-26)14-7-5-8-16(12-14)20-24-21(29-25-20)17-13-15-6-3-4-9-19(15)28-22(17)27/h3-13H,2H2,1H3. The smallest absolute Gasteiger partial charge is 0.349 e. The summed E-state index contributed by atoms with van der Waals surface area (Å²) in [6, 6.07) is 18.8. The Labute approximate surface area is 165 Å². The average Bonchev–Trinajstić information content (AvgIpc) is 3.43. The maximum Gasteiger partial charge on any atom is 0.349 e. The lowest BCUT2D eigenvalue weighted by atomic mass is 10.1. The number of nitrogens with zero attached hydrogens (tertiary/aromatic N) is 4. The van der Waals surface area contributed by atoms with Crippen LogP contribution >= 0.6 is 0 Å². The normalized spacial score (nSPS) is 11.2. The lowest BCUT2D eigenvalue weighted by Gasteiger charge is -2.05. The molecule has 0 aliphatic heterocycles. The molecular formula is C22H16N4O3. The van der Waals surface area contributed by atoms with Crippen LogP contribution < -0.4 is 5.63 Å². The van der Waals surface area contributed by atoms with Gasteiger partial charge in [0.25, 0.3) is 5.89 Å². The Bertz CT molecular complexity index is 1380. The van der Waals surface area contributed by atoms with Crippen LogP contribution in [0.2, 0.25) is 0 Å². The van der Waals surface area contributed by atoms with Gasteiger partial charge in [0, 0.05) is 29.3 Å². The van der Waals surface area contributed by atoms with Gasteiger partial charge < -0.3 is 8.94 Å². The minimum absolute atomic E-state index is 0.128. The molecule has 0 unspecified atom stereocenters. The highest BCUT2D eigenvalue weighted by Gasteiger charge is 2.16. The fourth-order valence-corrected chi connectivity index (χ4v) is 3.31. The molecule has 0 radical (unpaired) electrons. The van der Waals surface area contributed by atoms with Gasteiger partial charge in [0.05, 0.1) is 5.69 Å². The Morgan fingerprint density at radius 1 is 1.00 bits per heavy atom. The highest BCUT2D eigenvalue weighted by Crippen LogP contribution is 2.27. The van der Waals surface area contributed by atoms with Crippen LogP contribution in [0, 0.1) is 0 Å². The van der Waals surface area contributed by atoms with Crippen LogP contribution in [0.3, 0.4) is 0 Å². The van der Waals surface area contributed by atoms with Crippen molar-refractivity contribution >= 4 is 11.0 Å². The summed E-state index contributed by atoms with van der Waals surface area (Å²) in [5.41, 5.74) is 3.03. The summed E-state index contributed by atoms with van der Waals surface area (Å²) >= 11 is 0. The minimum atomic E-state index is -0.514. The Balaban J connectivity index is 1.55. The number of hydrogen-bond acceptors (Lipinski definition) is 6. The van der Waals surface area contributed by atoms with Crippen LogP contribution in [0.5, 0.6) is 0 Å². The fourth-order valence-electron chi connectivity index (χ4n) is 3.31. The summed E-state index contributed by atoms with van der Waals surface area (Å²) in [6.45, 7) is 2.82. The molecule has 0 spiro atoms. The van der Waals surface area contributed by atoms with E-state index in [0.29, 0.717) is 11.4 Å². The third kappa shape index (κ3) is 3.02. The van der Waals surface area contributed by atoms with E-state index < -0.39 is 5.63 Å². The molecule has 7 nitrogen and oxygen atoms in total. The zero-order chi connectivity index (χ0) is 19.8. The van der Waals surface area contributed by atoms with Crippen LogP contribution in [0.15, 0.2) is 80.6 Å². The predicted octanol–water partition coefficient (Wildman–Crippen LogP) is 4.39. The molecule has 7 heteroatoms. The molecule has 29 heavy (non-hydrogen) atoms. The molecule has 5 rings (SSSR count). The molecule has 3 aromatic heterocycles. The van der Waals surface area contributed by atoms with Crippen LogP contribution in [-0.2, 0) is 6.54 Å². The van der Waals surface area contributed by atoms with Gasteiger partial charge in [-0.2, -0.15) is 10.1 Å². The van der Waals surface area contributed by atoms with E-state index in [9.17, 15) is 4.79 Å². The van der Waals surface area contributed by atoms with E-state index in [1.165, 1.54) is 0 Å². The Kier molecular flexibility index (Phi) is 4.05. The first-order valence-electron chi connectivity index (χ1n) is 9.22. The maximum absolute atomic E-state index is 12.4. The predicted molar refractivity (Wildman–Crippen MR) is 108 cm³/mol. The highest BCUT2D eigenvalue weighted by molar-refractivity contribution is 5.80. The molecule has 0 aliphatic carbocycles. The van der Waals surface area contributed by atoms with Crippen molar-refractivity contribution in [2.75, 3.05) is 0 Å². The fraction of sp³-hybridized carbons (Fsp3) is 0.0909. The summed E-state index contributed by atoms with van der Waals surface area (Å²) in [6.07, 6.45) is 1.77. The van der Waals surface area contributed by atoms with Gasteiger partial charge in [-0.15, -0.1) is 0 Å². The van der Waals surface area contributed by atoms with Gasteiger partial charge in [0.15, 0.2) is 0 Å². The lowest BCUT2D eigenvalue weighted by Crippen LogP contribution is -2.02. The van der Waals surface area contributed by atoms with E-state index in [1.54, 1.807) is 18.3 Å². The molecule has 0 bridgehead atoms. The summed E-state index contributed by atoms with van der Waals surface area (Å²) in [5, 5.41) is 9.16. The second-order valence-electron chi connectivity index (χ2n) is 6.52. The molecule has 0 saturated carbocycles. The molecule has 0 fully saturated rings. The molecule has 0 N–H and O–H groups in total. The molecular weight excluding hydrogens is 368 g/mol. The minimum Gasteiger partial charge on any atom is -0.422 e. The van der Waals surface area contributed by atoms with Gasteiger partial charge in [-0.3, -0.25) is 4.68 Å². The van der Waals surface area contributed by atoms with Crippen molar-refractivity contribution in [2.24, 2.45) is 0 Å². The Morgan fingerprint density at radius 2 is 1.86 bits per heavy atom. The average molecular weight is 384 g/mol. The first-order chi connectivity index (χ1) is 14.2. The van der Waals surface area contributed by atoms with Gasteiger partial charge in [0.2, 0.25) is 5.82 Å². The summed E-state index contributed by atoms with van der Waals surface area (Å²) in [4.78, 5) is 16.8. The maximum atomic E-state index is 12.4. The summed E-state index contributed by atoms with van der Waals surface area (Å²) in [5.74, 6) is 0.528. The molecule has 3 heterocycles. The second-order valence-corrected chi connectivity index (χ2v) is 6.52. The number of benzene rings is 2. The largest absolute Gasteiger partial charge is 0.422 e. The van der Waals surface area contributed by atoms with Crippen molar-refractivity contribution in [3.63, 3.8) is 0 Å². The van der Waals surface area contributed by atoms with Crippen molar-refractivity contribution in [3.8, 4) is 34.1 Å². The SMILES string of the molecule is CCn1nccc1-c1cccc(-c2noc(-c3cc4ccccc4oc3=O)n2)c1. The van der Waals surface area contributed by atoms with E-state index in [2.05, 4.69) is 15.2 Å². The van der Waals surface area contributed by atoms with Gasteiger partial charge in [-0.05, 0) is 31.2 Å². The first kappa shape index (κ1) is 17.1. The zero-order valence-corrected chi connectivity index (χ0v) is 15.6.